The van der Waals surface area contributed by atoms with E-state index in [-0.39, 0.29) is 23.7 Å². The summed E-state index contributed by atoms with van der Waals surface area (Å²) in [5.41, 5.74) is 18.3. The third kappa shape index (κ3) is 10.3. The average Bonchev–Trinajstić information content (AvgIpc) is 1.55. The van der Waals surface area contributed by atoms with Crippen molar-refractivity contribution >= 4 is 119 Å². The van der Waals surface area contributed by atoms with Gasteiger partial charge in [0.1, 0.15) is 0 Å². The maximum atomic E-state index is 9.49. The molecule has 98 heavy (non-hydrogen) atoms. The Morgan fingerprint density at radius 3 is 0.653 bits per heavy atom. The Morgan fingerprint density at radius 1 is 0.235 bits per heavy atom. The van der Waals surface area contributed by atoms with Gasteiger partial charge in [0.15, 0.2) is 0 Å². The molecule has 0 atom stereocenters. The number of rotatable bonds is 6. The van der Waals surface area contributed by atoms with Crippen LogP contribution in [0.4, 0.5) is 102 Å². The average molecular weight is 1660 g/mol. The first-order valence-corrected chi connectivity index (χ1v) is 40.4. The topological polar surface area (TPSA) is 32.4 Å². The number of fused-ring (bicyclic) bond motifs is 24. The van der Waals surface area contributed by atoms with E-state index in [1.54, 1.807) is 0 Å². The molecule has 9 aromatic rings. The fourth-order valence-electron chi connectivity index (χ4n) is 17.7. The quantitative estimate of drug-likeness (QED) is 0.161. The van der Waals surface area contributed by atoms with E-state index in [1.165, 1.54) is 41.9 Å². The first-order chi connectivity index (χ1) is 53.1. The van der Waals surface area contributed by atoms with Gasteiger partial charge in [0.2, 0.25) is 0 Å². The predicted octanol–water partition coefficient (Wildman–Crippen LogP) is 21.7. The van der Waals surface area contributed by atoms with Crippen molar-refractivity contribution in [1.82, 2.24) is 0 Å². The van der Waals surface area contributed by atoms with Gasteiger partial charge < -0.3 is 0 Å². The summed E-state index contributed by atoms with van der Waals surface area (Å²) in [6.45, 7) is -10.6. The molecule has 0 saturated heterocycles. The third-order valence-corrected chi connectivity index (χ3v) is 28.6. The van der Waals surface area contributed by atoms with Gasteiger partial charge >= 0.3 is 616 Å². The second-order valence-electron chi connectivity index (χ2n) is 28.4. The van der Waals surface area contributed by atoms with E-state index >= 15 is 0 Å². The Balaban J connectivity index is 0.885. The standard InChI is InChI=1S/C86H88N10.2Pt/c1-87-57-91(83-37-21-17-33-79(83)87)71-45-65(61-25-9-5-10-26-61)49-75(53-71)95(76-50-66(62-27-11-6-12-28-62)46-72(54-76)92-58-88(2)80-34-18-22-38-84(80)92)69-41-43-70(44-42-69)96(77-51-67(63-29-13-7-14-30-63)47-73(55-77)93-59-89(3)81-35-19-23-39-85(81)93)78-52-68(64-31-15-8-16-32-64)48-74(56-78)94-60-90(4)82-36-20-24-40-86(82)94;;/h17-24,33-56,61-64H,5-16,25-32H2,1-4H3;;/i1D3,2D3,3D3,4D3;;. The molecule has 0 N–H and O–H groups in total. The third-order valence-electron chi connectivity index (χ3n) is 22.5. The molecule has 0 radical (unpaired) electrons. The van der Waals surface area contributed by atoms with Crippen LogP contribution >= 0.6 is 0 Å². The van der Waals surface area contributed by atoms with Crippen LogP contribution in [0.15, 0.2) is 194 Å². The minimum absolute atomic E-state index is 0.219. The van der Waals surface area contributed by atoms with Gasteiger partial charge in [0, 0.05) is 0 Å². The van der Waals surface area contributed by atoms with Gasteiger partial charge in [-0.3, -0.25) is 0 Å². The van der Waals surface area contributed by atoms with E-state index in [0.29, 0.717) is 62.1 Å². The van der Waals surface area contributed by atoms with Crippen LogP contribution in [0, 0.1) is 0 Å². The molecule has 502 valence electrons. The molecule has 9 aromatic carbocycles. The number of nitrogens with zero attached hydrogens (tertiary/aromatic N) is 10. The second-order valence-corrected chi connectivity index (χ2v) is 33.6. The van der Waals surface area contributed by atoms with E-state index in [0.717, 1.165) is 185 Å². The fourth-order valence-corrected chi connectivity index (χ4v) is 24.0. The van der Waals surface area contributed by atoms with Crippen molar-refractivity contribution in [2.45, 2.75) is 152 Å². The van der Waals surface area contributed by atoms with Crippen LogP contribution in [0.1, 0.15) is 191 Å². The minimum atomic E-state index is -2.66. The normalized spacial score (nSPS) is 22.0. The van der Waals surface area contributed by atoms with Gasteiger partial charge in [-0.15, -0.1) is 0 Å². The van der Waals surface area contributed by atoms with Crippen molar-refractivity contribution in [3.05, 3.63) is 216 Å². The molecule has 10 nitrogen and oxygen atoms in total. The van der Waals surface area contributed by atoms with Crippen LogP contribution in [-0.4, -0.2) is 44.5 Å². The first-order valence-electron chi connectivity index (χ1n) is 41.8. The number of anilines is 18. The second kappa shape index (κ2) is 24.9. The van der Waals surface area contributed by atoms with Gasteiger partial charge in [-0.25, -0.2) is 0 Å². The van der Waals surface area contributed by atoms with Crippen LogP contribution in [-0.2, 0) is 35.3 Å². The molecule has 6 aliphatic heterocycles. The molecule has 4 fully saturated rings. The number of hydrogen-bond donors (Lipinski definition) is 0. The van der Waals surface area contributed by atoms with Crippen molar-refractivity contribution in [1.29, 1.82) is 0 Å². The molecule has 4 saturated carbocycles. The van der Waals surface area contributed by atoms with Gasteiger partial charge in [-0.05, 0) is 0 Å². The molecule has 0 spiro atoms. The molecule has 12 heteroatoms. The van der Waals surface area contributed by atoms with Crippen molar-refractivity contribution in [3.8, 4) is 0 Å². The SMILES string of the molecule is [2H]C([2H])([2H])N1[C]2=[Pt]=[C]3N(c4cc(C5CCCCC5)cc(c4)N(c4ccc(N5c6cc(C7CCCCC7)cc(c6)N6[C](=[Pt]=[C]7N(c8cc(C9CCCCC9)cc5c8)c5ccccc5N7C([2H])([2H])[2H])N(C([2H])([2H])[2H])c5ccccc56)cc4)c4cc(C5CCCCC5)cc(c4)N2c2ccccc21)c1ccccc1N3C([2H])([2H])[2H]. The maximum absolute atomic E-state index is 9.49. The Morgan fingerprint density at radius 2 is 0.439 bits per heavy atom. The zero-order chi connectivity index (χ0) is 75.3. The van der Waals surface area contributed by atoms with E-state index < -0.39 is 63.2 Å². The molecule has 4 aliphatic carbocycles. The summed E-state index contributed by atoms with van der Waals surface area (Å²) in [6, 6.07) is 67.7. The number of para-hydroxylation sites is 8. The van der Waals surface area contributed by atoms with Crippen molar-refractivity contribution in [3.63, 3.8) is 0 Å². The summed E-state index contributed by atoms with van der Waals surface area (Å²) in [5, 5.41) is 0. The molecular formula is C86H88N10Pt2. The summed E-state index contributed by atoms with van der Waals surface area (Å²) in [6.07, 6.45) is 21.4. The van der Waals surface area contributed by atoms with Gasteiger partial charge in [0.25, 0.3) is 0 Å². The first kappa shape index (κ1) is 49.4. The van der Waals surface area contributed by atoms with Crippen LogP contribution < -0.4 is 49.0 Å². The van der Waals surface area contributed by atoms with E-state index in [2.05, 4.69) is 126 Å². The Kier molecular flexibility index (Phi) is 12.6. The zero-order valence-electron chi connectivity index (χ0n) is 67.0. The van der Waals surface area contributed by atoms with Crippen LogP contribution in [0.2, 0.25) is 0 Å². The zero-order valence-corrected chi connectivity index (χ0v) is 59.6. The van der Waals surface area contributed by atoms with E-state index in [4.69, 9.17) is 0 Å². The van der Waals surface area contributed by atoms with E-state index in [1.807, 2.05) is 97.1 Å². The number of benzene rings is 9. The van der Waals surface area contributed by atoms with Crippen LogP contribution in [0.25, 0.3) is 0 Å². The summed E-state index contributed by atoms with van der Waals surface area (Å²) in [5.74, 6) is 0.876. The monoisotopic (exact) mass is 1660 g/mol. The molecule has 8 bridgehead atoms. The number of hydrogen-bond acceptors (Lipinski definition) is 10. The summed E-state index contributed by atoms with van der Waals surface area (Å²) >= 11 is -3.41. The van der Waals surface area contributed by atoms with Crippen molar-refractivity contribution in [2.24, 2.45) is 0 Å². The Bertz CT molecular complexity index is 4670. The molecule has 0 aromatic heterocycles. The Hall–Kier alpha value is -8.16. The molecular weight excluding hydrogens is 1560 g/mol. The van der Waals surface area contributed by atoms with Gasteiger partial charge in [-0.2, -0.15) is 0 Å². The van der Waals surface area contributed by atoms with Gasteiger partial charge in [-0.1, -0.05) is 0 Å². The summed E-state index contributed by atoms with van der Waals surface area (Å²) < 4.78 is 116. The van der Waals surface area contributed by atoms with Crippen molar-refractivity contribution in [2.75, 3.05) is 76.9 Å². The molecule has 19 rings (SSSR count). The summed E-state index contributed by atoms with van der Waals surface area (Å²) in [7, 11) is 0. The Labute approximate surface area is 612 Å². The van der Waals surface area contributed by atoms with Crippen molar-refractivity contribution < 1.29 is 51.7 Å². The predicted molar refractivity (Wildman–Crippen MR) is 407 cm³/mol. The fraction of sp³-hybridized carbons (Fsp3) is 0.326. The van der Waals surface area contributed by atoms with Crippen LogP contribution in [0.5, 0.6) is 0 Å². The van der Waals surface area contributed by atoms with Crippen LogP contribution in [0.3, 0.4) is 0 Å². The molecule has 0 unspecified atom stereocenters. The van der Waals surface area contributed by atoms with Gasteiger partial charge in [0.05, 0.1) is 0 Å². The molecule has 0 amide bonds. The molecule has 10 aliphatic rings. The summed E-state index contributed by atoms with van der Waals surface area (Å²) in [4.78, 5) is 19.5. The molecule has 6 heterocycles. The van der Waals surface area contributed by atoms with E-state index in [9.17, 15) is 16.4 Å².